The zero-order valence-electron chi connectivity index (χ0n) is 20.7. The SMILES string of the molecule is CC(C)(C)c1ccc(C#Cc2ccc(C(C)(C)C)c(C(=O)OCCCCCC(=O)[O-])c2)cc1. The van der Waals surface area contributed by atoms with Crippen LogP contribution in [0.15, 0.2) is 42.5 Å². The first kappa shape index (κ1) is 26.2. The predicted octanol–water partition coefficient (Wildman–Crippen LogP) is 5.15. The monoisotopic (exact) mass is 447 g/mol. The summed E-state index contributed by atoms with van der Waals surface area (Å²) in [7, 11) is 0. The van der Waals surface area contributed by atoms with E-state index in [-0.39, 0.29) is 29.8 Å². The lowest BCUT2D eigenvalue weighted by atomic mass is 9.83. The third-order valence-corrected chi connectivity index (χ3v) is 5.41. The van der Waals surface area contributed by atoms with E-state index in [9.17, 15) is 14.7 Å². The number of carbonyl (C=O) groups excluding carboxylic acids is 2. The standard InChI is InChI=1S/C29H36O4/c1-28(2,3)23-16-13-21(14-17-23)11-12-22-15-18-25(29(4,5)6)24(20-22)27(32)33-19-9-7-8-10-26(30)31/h13-18,20H,7-10,19H2,1-6H3,(H,30,31)/p-1. The van der Waals surface area contributed by atoms with E-state index >= 15 is 0 Å². The molecule has 0 amide bonds. The lowest BCUT2D eigenvalue weighted by Gasteiger charge is -2.22. The Bertz CT molecular complexity index is 1020. The minimum absolute atomic E-state index is 0.0295. The summed E-state index contributed by atoms with van der Waals surface area (Å²) >= 11 is 0. The fraction of sp³-hybridized carbons (Fsp3) is 0.448. The molecule has 0 aromatic heterocycles. The number of carboxylic acids is 1. The summed E-state index contributed by atoms with van der Waals surface area (Å²) in [5.41, 5.74) is 4.23. The maximum absolute atomic E-state index is 12.8. The fourth-order valence-corrected chi connectivity index (χ4v) is 3.43. The smallest absolute Gasteiger partial charge is 0.338 e. The number of rotatable bonds is 7. The molecule has 0 aliphatic heterocycles. The lowest BCUT2D eigenvalue weighted by molar-refractivity contribution is -0.305. The van der Waals surface area contributed by atoms with Crippen molar-refractivity contribution in [1.29, 1.82) is 0 Å². The van der Waals surface area contributed by atoms with Gasteiger partial charge in [-0.1, -0.05) is 71.6 Å². The van der Waals surface area contributed by atoms with Crippen LogP contribution < -0.4 is 5.11 Å². The summed E-state index contributed by atoms with van der Waals surface area (Å²) in [6.07, 6.45) is 1.84. The Labute approximate surface area is 198 Å². The van der Waals surface area contributed by atoms with Gasteiger partial charge < -0.3 is 14.6 Å². The van der Waals surface area contributed by atoms with Gasteiger partial charge >= 0.3 is 5.97 Å². The van der Waals surface area contributed by atoms with Crippen molar-refractivity contribution in [2.45, 2.75) is 78.1 Å². The highest BCUT2D eigenvalue weighted by molar-refractivity contribution is 5.92. The average molecular weight is 448 g/mol. The Kier molecular flexibility index (Phi) is 8.88. The van der Waals surface area contributed by atoms with Crippen LogP contribution in [-0.4, -0.2) is 18.5 Å². The molecule has 0 atom stereocenters. The van der Waals surface area contributed by atoms with E-state index in [2.05, 4.69) is 65.5 Å². The Morgan fingerprint density at radius 2 is 1.42 bits per heavy atom. The van der Waals surface area contributed by atoms with Crippen molar-refractivity contribution < 1.29 is 19.4 Å². The highest BCUT2D eigenvalue weighted by Gasteiger charge is 2.23. The predicted molar refractivity (Wildman–Crippen MR) is 130 cm³/mol. The molecule has 2 aromatic carbocycles. The van der Waals surface area contributed by atoms with Gasteiger partial charge in [-0.05, 0) is 71.9 Å². The third-order valence-electron chi connectivity index (χ3n) is 5.41. The summed E-state index contributed by atoms with van der Waals surface area (Å²) in [5.74, 6) is 4.92. The molecule has 0 aliphatic rings. The van der Waals surface area contributed by atoms with E-state index in [0.717, 1.165) is 16.7 Å². The van der Waals surface area contributed by atoms with E-state index in [1.54, 1.807) is 6.07 Å². The molecule has 2 rings (SSSR count). The van der Waals surface area contributed by atoms with Crippen LogP contribution in [-0.2, 0) is 20.4 Å². The van der Waals surface area contributed by atoms with Crippen LogP contribution in [0.1, 0.15) is 99.8 Å². The van der Waals surface area contributed by atoms with E-state index in [1.807, 2.05) is 24.3 Å². The second-order valence-electron chi connectivity index (χ2n) is 10.4. The lowest BCUT2D eigenvalue weighted by Crippen LogP contribution is -2.21. The fourth-order valence-electron chi connectivity index (χ4n) is 3.43. The largest absolute Gasteiger partial charge is 0.550 e. The Hall–Kier alpha value is -3.06. The molecule has 0 saturated carbocycles. The van der Waals surface area contributed by atoms with Gasteiger partial charge in [0, 0.05) is 17.1 Å². The van der Waals surface area contributed by atoms with Crippen molar-refractivity contribution >= 4 is 11.9 Å². The molecule has 0 heterocycles. The summed E-state index contributed by atoms with van der Waals surface area (Å²) in [6, 6.07) is 13.9. The Balaban J connectivity index is 2.16. The van der Waals surface area contributed by atoms with Gasteiger partial charge in [0.15, 0.2) is 0 Å². The van der Waals surface area contributed by atoms with Gasteiger partial charge in [0.25, 0.3) is 0 Å². The van der Waals surface area contributed by atoms with Crippen LogP contribution in [0.2, 0.25) is 0 Å². The second-order valence-corrected chi connectivity index (χ2v) is 10.4. The molecule has 2 aromatic rings. The van der Waals surface area contributed by atoms with Crippen LogP contribution in [0, 0.1) is 11.8 Å². The number of benzene rings is 2. The van der Waals surface area contributed by atoms with Gasteiger partial charge in [0.05, 0.1) is 12.2 Å². The highest BCUT2D eigenvalue weighted by Crippen LogP contribution is 2.27. The van der Waals surface area contributed by atoms with Gasteiger partial charge in [-0.3, -0.25) is 0 Å². The normalized spacial score (nSPS) is 11.5. The molecule has 4 heteroatoms. The number of carbonyl (C=O) groups is 2. The summed E-state index contributed by atoms with van der Waals surface area (Å²) in [6.45, 7) is 13.0. The molecule has 0 spiro atoms. The van der Waals surface area contributed by atoms with Crippen LogP contribution in [0.5, 0.6) is 0 Å². The minimum atomic E-state index is -1.05. The first-order valence-corrected chi connectivity index (χ1v) is 11.5. The average Bonchev–Trinajstić information content (AvgIpc) is 2.73. The molecule has 0 unspecified atom stereocenters. The number of hydrogen-bond donors (Lipinski definition) is 0. The van der Waals surface area contributed by atoms with Crippen molar-refractivity contribution in [2.75, 3.05) is 6.61 Å². The number of ether oxygens (including phenoxy) is 1. The summed E-state index contributed by atoms with van der Waals surface area (Å²) < 4.78 is 5.48. The maximum atomic E-state index is 12.8. The quantitative estimate of drug-likeness (QED) is 0.334. The van der Waals surface area contributed by atoms with Crippen LogP contribution in [0.4, 0.5) is 0 Å². The van der Waals surface area contributed by atoms with Gasteiger partial charge in [0.2, 0.25) is 0 Å². The van der Waals surface area contributed by atoms with E-state index in [1.165, 1.54) is 5.56 Å². The minimum Gasteiger partial charge on any atom is -0.550 e. The van der Waals surface area contributed by atoms with Crippen molar-refractivity contribution in [2.24, 2.45) is 0 Å². The first-order valence-electron chi connectivity index (χ1n) is 11.5. The van der Waals surface area contributed by atoms with E-state index < -0.39 is 5.97 Å². The van der Waals surface area contributed by atoms with Crippen molar-refractivity contribution in [3.05, 3.63) is 70.3 Å². The van der Waals surface area contributed by atoms with Gasteiger partial charge in [0.1, 0.15) is 0 Å². The molecule has 4 nitrogen and oxygen atoms in total. The molecule has 0 radical (unpaired) electrons. The zero-order valence-corrected chi connectivity index (χ0v) is 20.7. The van der Waals surface area contributed by atoms with Crippen molar-refractivity contribution in [1.82, 2.24) is 0 Å². The molecule has 0 aliphatic carbocycles. The van der Waals surface area contributed by atoms with Crippen molar-refractivity contribution in [3.63, 3.8) is 0 Å². The Morgan fingerprint density at radius 3 is 2.00 bits per heavy atom. The first-order chi connectivity index (χ1) is 15.4. The Morgan fingerprint density at radius 1 is 0.818 bits per heavy atom. The summed E-state index contributed by atoms with van der Waals surface area (Å²) in [5, 5.41) is 10.5. The third kappa shape index (κ3) is 8.42. The molecular weight excluding hydrogens is 412 g/mol. The van der Waals surface area contributed by atoms with Crippen LogP contribution in [0.25, 0.3) is 0 Å². The van der Waals surface area contributed by atoms with E-state index in [4.69, 9.17) is 4.74 Å². The number of esters is 1. The van der Waals surface area contributed by atoms with Gasteiger partial charge in [-0.25, -0.2) is 4.79 Å². The number of carboxylic acid groups (broad SMARTS) is 1. The molecule has 0 fully saturated rings. The second kappa shape index (κ2) is 11.2. The topological polar surface area (TPSA) is 66.4 Å². The molecule has 0 N–H and O–H groups in total. The van der Waals surface area contributed by atoms with E-state index in [0.29, 0.717) is 24.8 Å². The summed E-state index contributed by atoms with van der Waals surface area (Å²) in [4.78, 5) is 23.3. The highest BCUT2D eigenvalue weighted by atomic mass is 16.5. The van der Waals surface area contributed by atoms with Crippen LogP contribution in [0.3, 0.4) is 0 Å². The zero-order chi connectivity index (χ0) is 24.6. The molecule has 0 saturated heterocycles. The van der Waals surface area contributed by atoms with Gasteiger partial charge in [-0.2, -0.15) is 0 Å². The number of unbranched alkanes of at least 4 members (excludes halogenated alkanes) is 2. The maximum Gasteiger partial charge on any atom is 0.338 e. The molecule has 33 heavy (non-hydrogen) atoms. The molecular formula is C29H35O4-. The molecule has 0 bridgehead atoms. The van der Waals surface area contributed by atoms with Crippen molar-refractivity contribution in [3.8, 4) is 11.8 Å². The number of hydrogen-bond acceptors (Lipinski definition) is 4. The van der Waals surface area contributed by atoms with Crippen LogP contribution >= 0.6 is 0 Å². The molecule has 176 valence electrons. The van der Waals surface area contributed by atoms with Gasteiger partial charge in [-0.15, -0.1) is 0 Å². The number of aliphatic carboxylic acids is 1.